The van der Waals surface area contributed by atoms with Gasteiger partial charge < -0.3 is 0 Å². The zero-order valence-corrected chi connectivity index (χ0v) is 16.9. The lowest BCUT2D eigenvalue weighted by molar-refractivity contribution is -0.418. The SMILES string of the molecule is C=[N+]1C=C([Si](C)(C)C)C=C[C-]1c1cc(C)c(-c2ccccc2)cc1C. The average Bonchev–Trinajstić information content (AvgIpc) is 2.57. The molecule has 0 fully saturated rings. The molecular weight excluding hydrogens is 318 g/mol. The summed E-state index contributed by atoms with van der Waals surface area (Å²) < 4.78 is 2.04. The van der Waals surface area contributed by atoms with Gasteiger partial charge in [-0.05, 0) is 29.7 Å². The van der Waals surface area contributed by atoms with Crippen LogP contribution in [0.4, 0.5) is 0 Å². The monoisotopic (exact) mass is 345 g/mol. The van der Waals surface area contributed by atoms with E-state index in [-0.39, 0.29) is 0 Å². The highest BCUT2D eigenvalue weighted by Crippen LogP contribution is 2.33. The lowest BCUT2D eigenvalue weighted by Gasteiger charge is -2.26. The van der Waals surface area contributed by atoms with Crippen molar-refractivity contribution in [2.45, 2.75) is 33.5 Å². The average molecular weight is 346 g/mol. The topological polar surface area (TPSA) is 3.01 Å². The first-order valence-electron chi connectivity index (χ1n) is 8.81. The lowest BCUT2D eigenvalue weighted by Crippen LogP contribution is -2.27. The van der Waals surface area contributed by atoms with E-state index < -0.39 is 8.07 Å². The zero-order chi connectivity index (χ0) is 18.2. The Labute approximate surface area is 153 Å². The largest absolute Gasteiger partial charge is 0.255 e. The molecule has 1 heterocycles. The van der Waals surface area contributed by atoms with Crippen LogP contribution in [0.5, 0.6) is 0 Å². The van der Waals surface area contributed by atoms with Crippen LogP contribution < -0.4 is 0 Å². The first kappa shape index (κ1) is 17.5. The fourth-order valence-electron chi connectivity index (χ4n) is 3.25. The van der Waals surface area contributed by atoms with Crippen molar-refractivity contribution in [2.24, 2.45) is 0 Å². The van der Waals surface area contributed by atoms with Crippen LogP contribution in [0.25, 0.3) is 11.1 Å². The van der Waals surface area contributed by atoms with Gasteiger partial charge in [-0.3, -0.25) is 4.58 Å². The molecule has 0 saturated heterocycles. The molecule has 3 rings (SSSR count). The lowest BCUT2D eigenvalue weighted by atomic mass is 9.91. The molecule has 25 heavy (non-hydrogen) atoms. The Morgan fingerprint density at radius 1 is 0.960 bits per heavy atom. The van der Waals surface area contributed by atoms with E-state index in [0.29, 0.717) is 0 Å². The Morgan fingerprint density at radius 3 is 2.24 bits per heavy atom. The second-order valence-electron chi connectivity index (χ2n) is 7.87. The number of benzene rings is 2. The molecule has 0 bridgehead atoms. The van der Waals surface area contributed by atoms with Crippen molar-refractivity contribution in [3.63, 3.8) is 0 Å². The van der Waals surface area contributed by atoms with E-state index in [0.717, 1.165) is 0 Å². The number of allylic oxidation sites excluding steroid dienone is 2. The summed E-state index contributed by atoms with van der Waals surface area (Å²) in [5.74, 6) is 0. The molecule has 1 aliphatic heterocycles. The molecule has 128 valence electrons. The Balaban J connectivity index is 1.98. The molecule has 0 radical (unpaired) electrons. The molecule has 2 aromatic rings. The van der Waals surface area contributed by atoms with Gasteiger partial charge in [-0.25, -0.2) is 0 Å². The zero-order valence-electron chi connectivity index (χ0n) is 15.9. The van der Waals surface area contributed by atoms with E-state index >= 15 is 0 Å². The minimum absolute atomic E-state index is 1.17. The van der Waals surface area contributed by atoms with Crippen LogP contribution in [-0.2, 0) is 0 Å². The smallest absolute Gasteiger partial charge is 0.147 e. The molecule has 1 nitrogen and oxygen atoms in total. The molecule has 0 amide bonds. The summed E-state index contributed by atoms with van der Waals surface area (Å²) in [6.07, 6.45) is 6.72. The predicted molar refractivity (Wildman–Crippen MR) is 112 cm³/mol. The van der Waals surface area contributed by atoms with Crippen LogP contribution in [0, 0.1) is 19.9 Å². The van der Waals surface area contributed by atoms with E-state index in [2.05, 4.69) is 101 Å². The summed E-state index contributed by atoms with van der Waals surface area (Å²) in [4.78, 5) is 0. The summed E-state index contributed by atoms with van der Waals surface area (Å²) in [5.41, 5.74) is 6.40. The van der Waals surface area contributed by atoms with Crippen LogP contribution in [0.15, 0.2) is 66.0 Å². The van der Waals surface area contributed by atoms with Crippen molar-refractivity contribution < 1.29 is 4.58 Å². The Morgan fingerprint density at radius 2 is 1.64 bits per heavy atom. The van der Waals surface area contributed by atoms with E-state index in [4.69, 9.17) is 0 Å². The molecular formula is C23H27NSi. The maximum absolute atomic E-state index is 4.26. The maximum atomic E-state index is 4.26. The van der Waals surface area contributed by atoms with E-state index in [1.165, 1.54) is 39.1 Å². The van der Waals surface area contributed by atoms with Gasteiger partial charge in [0.15, 0.2) is 0 Å². The van der Waals surface area contributed by atoms with Gasteiger partial charge in [-0.2, -0.15) is 0 Å². The first-order chi connectivity index (χ1) is 11.8. The van der Waals surface area contributed by atoms with Gasteiger partial charge in [-0.15, -0.1) is 6.08 Å². The van der Waals surface area contributed by atoms with Crippen molar-refractivity contribution in [1.82, 2.24) is 0 Å². The third-order valence-corrected chi connectivity index (χ3v) is 6.85. The highest BCUT2D eigenvalue weighted by molar-refractivity contribution is 6.83. The molecule has 0 N–H and O–H groups in total. The Kier molecular flexibility index (Phi) is 4.57. The van der Waals surface area contributed by atoms with Gasteiger partial charge in [0.25, 0.3) is 0 Å². The Bertz CT molecular complexity index is 867. The summed E-state index contributed by atoms with van der Waals surface area (Å²) in [7, 11) is -1.33. The number of rotatable bonds is 3. The Hall–Kier alpha value is -2.32. The predicted octanol–water partition coefficient (Wildman–Crippen LogP) is 5.89. The highest BCUT2D eigenvalue weighted by Gasteiger charge is 2.24. The van der Waals surface area contributed by atoms with Crippen LogP contribution in [0.3, 0.4) is 0 Å². The normalized spacial score (nSPS) is 14.7. The fourth-order valence-corrected chi connectivity index (χ4v) is 4.38. The van der Waals surface area contributed by atoms with Crippen LogP contribution in [-0.4, -0.2) is 19.4 Å². The maximum Gasteiger partial charge on any atom is 0.147 e. The van der Waals surface area contributed by atoms with Crippen molar-refractivity contribution >= 4 is 14.8 Å². The molecule has 0 saturated carbocycles. The summed E-state index contributed by atoms with van der Waals surface area (Å²) in [6.45, 7) is 15.7. The van der Waals surface area contributed by atoms with Crippen molar-refractivity contribution in [3.8, 4) is 11.1 Å². The molecule has 0 spiro atoms. The molecule has 2 aromatic carbocycles. The third kappa shape index (κ3) is 3.54. The highest BCUT2D eigenvalue weighted by atomic mass is 28.3. The minimum Gasteiger partial charge on any atom is -0.255 e. The van der Waals surface area contributed by atoms with Crippen LogP contribution in [0.1, 0.15) is 16.7 Å². The van der Waals surface area contributed by atoms with E-state index in [9.17, 15) is 0 Å². The minimum atomic E-state index is -1.33. The summed E-state index contributed by atoms with van der Waals surface area (Å²) >= 11 is 0. The first-order valence-corrected chi connectivity index (χ1v) is 12.3. The molecule has 0 atom stereocenters. The second-order valence-corrected chi connectivity index (χ2v) is 12.9. The van der Waals surface area contributed by atoms with Gasteiger partial charge in [0.2, 0.25) is 0 Å². The van der Waals surface area contributed by atoms with Gasteiger partial charge in [0.05, 0.1) is 14.8 Å². The second kappa shape index (κ2) is 6.53. The fraction of sp³-hybridized carbons (Fsp3) is 0.217. The molecule has 2 heteroatoms. The van der Waals surface area contributed by atoms with E-state index in [1.807, 2.05) is 4.58 Å². The molecule has 0 aromatic heterocycles. The van der Waals surface area contributed by atoms with Crippen molar-refractivity contribution in [3.05, 3.63) is 88.7 Å². The standard InChI is InChI=1S/C23H27NSi/c1-17-15-22(18(2)14-21(17)19-10-8-7-9-11-19)23-13-12-20(16-24(23)3)25(4,5)6/h7-16H,3H2,1-2,4-6H3. The molecule has 0 aliphatic carbocycles. The molecule has 0 unspecified atom stereocenters. The van der Waals surface area contributed by atoms with Gasteiger partial charge in [0.1, 0.15) is 12.2 Å². The van der Waals surface area contributed by atoms with Crippen LogP contribution in [0.2, 0.25) is 19.6 Å². The third-order valence-electron chi connectivity index (χ3n) is 4.82. The van der Waals surface area contributed by atoms with Gasteiger partial charge in [0, 0.05) is 0 Å². The van der Waals surface area contributed by atoms with Gasteiger partial charge in [-0.1, -0.05) is 85.4 Å². The summed E-state index contributed by atoms with van der Waals surface area (Å²) in [6, 6.07) is 16.4. The number of aryl methyl sites for hydroxylation is 2. The number of nitrogens with zero attached hydrogens (tertiary/aromatic N) is 1. The van der Waals surface area contributed by atoms with Crippen molar-refractivity contribution in [2.75, 3.05) is 0 Å². The van der Waals surface area contributed by atoms with Gasteiger partial charge >= 0.3 is 0 Å². The summed E-state index contributed by atoms with van der Waals surface area (Å²) in [5, 5.41) is 1.43. The molecule has 1 aliphatic rings. The van der Waals surface area contributed by atoms with Crippen LogP contribution >= 0.6 is 0 Å². The van der Waals surface area contributed by atoms with E-state index in [1.54, 1.807) is 0 Å². The number of hydrogen-bond acceptors (Lipinski definition) is 0. The van der Waals surface area contributed by atoms with Crippen molar-refractivity contribution in [1.29, 1.82) is 0 Å². The quantitative estimate of drug-likeness (QED) is 0.370. The number of hydrogen-bond donors (Lipinski definition) is 0.